The highest BCUT2D eigenvalue weighted by atomic mass is 32.1. The van der Waals surface area contributed by atoms with E-state index >= 15 is 0 Å². The molecule has 0 aliphatic heterocycles. The molecule has 0 aromatic rings. The standard InChI is InChI=1S/C11H16OS2/c13-11(14)12-10-5-6-4-9(10)8-3-1-2-7(6)8/h6-10H,1-5H2,(H,13,14)/t6-,7?,8?,9?,10?/m0/s1. The van der Waals surface area contributed by atoms with E-state index in [4.69, 9.17) is 17.0 Å². The SMILES string of the molecule is S=C(S)OC1C[C@@H]2CC1C1CCCC12. The van der Waals surface area contributed by atoms with Crippen LogP contribution in [-0.4, -0.2) is 10.5 Å². The Labute approximate surface area is 96.0 Å². The first-order valence-corrected chi connectivity index (χ1v) is 6.51. The zero-order valence-corrected chi connectivity index (χ0v) is 9.90. The van der Waals surface area contributed by atoms with E-state index in [0.717, 1.165) is 23.7 Å². The van der Waals surface area contributed by atoms with Gasteiger partial charge in [0.1, 0.15) is 6.10 Å². The smallest absolute Gasteiger partial charge is 0.217 e. The maximum atomic E-state index is 5.65. The largest absolute Gasteiger partial charge is 0.475 e. The highest BCUT2D eigenvalue weighted by molar-refractivity contribution is 8.10. The van der Waals surface area contributed by atoms with E-state index in [1.807, 2.05) is 0 Å². The van der Waals surface area contributed by atoms with Gasteiger partial charge >= 0.3 is 0 Å². The van der Waals surface area contributed by atoms with Crippen molar-refractivity contribution in [2.24, 2.45) is 23.7 Å². The molecule has 0 radical (unpaired) electrons. The lowest BCUT2D eigenvalue weighted by atomic mass is 9.80. The predicted octanol–water partition coefficient (Wildman–Crippen LogP) is 3.04. The van der Waals surface area contributed by atoms with E-state index in [1.54, 1.807) is 0 Å². The van der Waals surface area contributed by atoms with Crippen LogP contribution >= 0.6 is 24.8 Å². The van der Waals surface area contributed by atoms with Crippen molar-refractivity contribution >= 4 is 29.2 Å². The average Bonchev–Trinajstić information content (AvgIpc) is 2.68. The Bertz CT molecular complexity index is 266. The van der Waals surface area contributed by atoms with Gasteiger partial charge in [-0.25, -0.2) is 0 Å². The second kappa shape index (κ2) is 3.38. The van der Waals surface area contributed by atoms with Crippen LogP contribution in [-0.2, 0) is 4.74 Å². The summed E-state index contributed by atoms with van der Waals surface area (Å²) in [6.45, 7) is 0. The zero-order valence-electron chi connectivity index (χ0n) is 8.19. The topological polar surface area (TPSA) is 9.23 Å². The molecule has 0 amide bonds. The predicted molar refractivity (Wildman–Crippen MR) is 63.5 cm³/mol. The Morgan fingerprint density at radius 3 is 2.71 bits per heavy atom. The normalized spacial score (nSPS) is 49.4. The number of thiocarbonyl (C=S) groups is 1. The molecular weight excluding hydrogens is 212 g/mol. The van der Waals surface area contributed by atoms with Crippen molar-refractivity contribution in [1.29, 1.82) is 0 Å². The molecule has 0 aromatic heterocycles. The van der Waals surface area contributed by atoms with Crippen LogP contribution in [0.25, 0.3) is 0 Å². The molecule has 0 saturated heterocycles. The number of fused-ring (bicyclic) bond motifs is 5. The molecule has 3 heteroatoms. The zero-order chi connectivity index (χ0) is 9.71. The van der Waals surface area contributed by atoms with Gasteiger partial charge < -0.3 is 4.74 Å². The van der Waals surface area contributed by atoms with E-state index in [0.29, 0.717) is 10.5 Å². The van der Waals surface area contributed by atoms with Crippen molar-refractivity contribution in [2.75, 3.05) is 0 Å². The molecule has 3 saturated carbocycles. The fourth-order valence-electron chi connectivity index (χ4n) is 4.27. The van der Waals surface area contributed by atoms with Gasteiger partial charge in [0.2, 0.25) is 4.38 Å². The van der Waals surface area contributed by atoms with Gasteiger partial charge in [-0.2, -0.15) is 0 Å². The summed E-state index contributed by atoms with van der Waals surface area (Å²) in [5.41, 5.74) is 0. The molecule has 2 bridgehead atoms. The van der Waals surface area contributed by atoms with Crippen LogP contribution in [0, 0.1) is 23.7 Å². The summed E-state index contributed by atoms with van der Waals surface area (Å²) in [4.78, 5) is 0. The first-order chi connectivity index (χ1) is 6.75. The third kappa shape index (κ3) is 1.32. The van der Waals surface area contributed by atoms with Gasteiger partial charge in [0.25, 0.3) is 0 Å². The monoisotopic (exact) mass is 228 g/mol. The highest BCUT2D eigenvalue weighted by Crippen LogP contribution is 2.59. The van der Waals surface area contributed by atoms with E-state index in [-0.39, 0.29) is 0 Å². The lowest BCUT2D eigenvalue weighted by molar-refractivity contribution is 0.0814. The Kier molecular flexibility index (Phi) is 2.28. The lowest BCUT2D eigenvalue weighted by Crippen LogP contribution is -2.30. The fraction of sp³-hybridized carbons (Fsp3) is 0.909. The summed E-state index contributed by atoms with van der Waals surface area (Å²) in [5, 5.41) is 0. The third-order valence-corrected chi connectivity index (χ3v) is 4.82. The molecule has 5 atom stereocenters. The molecule has 0 aromatic carbocycles. The molecule has 3 aliphatic rings. The van der Waals surface area contributed by atoms with Gasteiger partial charge in [0.15, 0.2) is 0 Å². The minimum Gasteiger partial charge on any atom is -0.475 e. The molecule has 3 fully saturated rings. The van der Waals surface area contributed by atoms with Gasteiger partial charge in [-0.1, -0.05) is 19.0 Å². The van der Waals surface area contributed by atoms with Crippen molar-refractivity contribution in [3.8, 4) is 0 Å². The van der Waals surface area contributed by atoms with Crippen molar-refractivity contribution < 1.29 is 4.74 Å². The molecule has 1 nitrogen and oxygen atoms in total. The Hall–Kier alpha value is 0.240. The number of thiol groups is 1. The van der Waals surface area contributed by atoms with Gasteiger partial charge in [-0.05, 0) is 61.6 Å². The molecule has 78 valence electrons. The van der Waals surface area contributed by atoms with Crippen LogP contribution in [0.5, 0.6) is 0 Å². The third-order valence-electron chi connectivity index (χ3n) is 4.62. The van der Waals surface area contributed by atoms with E-state index in [9.17, 15) is 0 Å². The van der Waals surface area contributed by atoms with Crippen LogP contribution in [0.3, 0.4) is 0 Å². The second-order valence-electron chi connectivity index (χ2n) is 5.08. The summed E-state index contributed by atoms with van der Waals surface area (Å²) in [5.74, 6) is 3.74. The van der Waals surface area contributed by atoms with Crippen molar-refractivity contribution in [2.45, 2.75) is 38.2 Å². The first-order valence-electron chi connectivity index (χ1n) is 5.65. The summed E-state index contributed by atoms with van der Waals surface area (Å²) in [6, 6.07) is 0. The number of rotatable bonds is 1. The Morgan fingerprint density at radius 1 is 1.14 bits per heavy atom. The number of hydrogen-bond donors (Lipinski definition) is 1. The molecule has 3 rings (SSSR count). The summed E-state index contributed by atoms with van der Waals surface area (Å²) < 4.78 is 6.09. The maximum Gasteiger partial charge on any atom is 0.217 e. The highest BCUT2D eigenvalue weighted by Gasteiger charge is 2.54. The second-order valence-corrected chi connectivity index (χ2v) is 6.16. The van der Waals surface area contributed by atoms with E-state index in [1.165, 1.54) is 32.1 Å². The van der Waals surface area contributed by atoms with Crippen LogP contribution in [0.2, 0.25) is 0 Å². The molecular formula is C11H16OS2. The van der Waals surface area contributed by atoms with Crippen molar-refractivity contribution in [3.05, 3.63) is 0 Å². The summed E-state index contributed by atoms with van der Waals surface area (Å²) >= 11 is 8.98. The molecule has 0 heterocycles. The van der Waals surface area contributed by atoms with Crippen LogP contribution in [0.4, 0.5) is 0 Å². The van der Waals surface area contributed by atoms with Gasteiger partial charge in [0, 0.05) is 0 Å². The van der Waals surface area contributed by atoms with Crippen LogP contribution in [0.15, 0.2) is 0 Å². The van der Waals surface area contributed by atoms with Crippen molar-refractivity contribution in [1.82, 2.24) is 0 Å². The Morgan fingerprint density at radius 2 is 1.93 bits per heavy atom. The molecule has 14 heavy (non-hydrogen) atoms. The Balaban J connectivity index is 1.73. The number of ether oxygens (including phenoxy) is 1. The van der Waals surface area contributed by atoms with Crippen LogP contribution < -0.4 is 0 Å². The summed E-state index contributed by atoms with van der Waals surface area (Å²) in [7, 11) is 0. The minimum atomic E-state index is 0.407. The quantitative estimate of drug-likeness (QED) is 0.545. The molecule has 0 spiro atoms. The van der Waals surface area contributed by atoms with Crippen LogP contribution in [0.1, 0.15) is 32.1 Å². The lowest BCUT2D eigenvalue weighted by Gasteiger charge is -2.31. The van der Waals surface area contributed by atoms with Crippen molar-refractivity contribution in [3.63, 3.8) is 0 Å². The minimum absolute atomic E-state index is 0.407. The van der Waals surface area contributed by atoms with Gasteiger partial charge in [0.05, 0.1) is 0 Å². The van der Waals surface area contributed by atoms with E-state index < -0.39 is 0 Å². The van der Waals surface area contributed by atoms with Gasteiger partial charge in [-0.15, -0.1) is 0 Å². The molecule has 4 unspecified atom stereocenters. The average molecular weight is 228 g/mol. The fourth-order valence-corrected chi connectivity index (χ4v) is 4.53. The number of hydrogen-bond acceptors (Lipinski definition) is 2. The van der Waals surface area contributed by atoms with Gasteiger partial charge in [-0.3, -0.25) is 0 Å². The maximum absolute atomic E-state index is 5.65. The van der Waals surface area contributed by atoms with E-state index in [2.05, 4.69) is 12.6 Å². The summed E-state index contributed by atoms with van der Waals surface area (Å²) in [6.07, 6.45) is 7.41. The molecule has 3 aliphatic carbocycles. The first kappa shape index (κ1) is 9.46. The molecule has 0 N–H and O–H groups in total.